The van der Waals surface area contributed by atoms with E-state index in [2.05, 4.69) is 54.4 Å². The van der Waals surface area contributed by atoms with Crippen LogP contribution in [0.3, 0.4) is 0 Å². The van der Waals surface area contributed by atoms with Crippen LogP contribution in [-0.2, 0) is 0 Å². The molecular weight excluding hydrogens is 449 g/mol. The number of allylic oxidation sites excluding steroid dienone is 1. The molecule has 1 N–H and O–H groups in total. The number of guanidine groups is 1. The number of rotatable bonds is 12. The molecule has 1 heterocycles. The van der Waals surface area contributed by atoms with Gasteiger partial charge in [-0.25, -0.2) is 0 Å². The first-order valence-electron chi connectivity index (χ1n) is 10.7. The van der Waals surface area contributed by atoms with Crippen LogP contribution in [0.2, 0.25) is 0 Å². The maximum absolute atomic E-state index is 4.90. The van der Waals surface area contributed by atoms with E-state index in [0.29, 0.717) is 5.92 Å². The van der Waals surface area contributed by atoms with Crippen molar-refractivity contribution >= 4 is 29.9 Å². The Morgan fingerprint density at radius 3 is 2.41 bits per heavy atom. The van der Waals surface area contributed by atoms with E-state index >= 15 is 0 Å². The molecule has 0 aromatic carbocycles. The summed E-state index contributed by atoms with van der Waals surface area (Å²) < 4.78 is 0. The molecule has 0 bridgehead atoms. The van der Waals surface area contributed by atoms with Crippen LogP contribution >= 0.6 is 24.0 Å². The molecule has 1 aliphatic rings. The molecule has 1 saturated heterocycles. The van der Waals surface area contributed by atoms with Gasteiger partial charge in [-0.05, 0) is 38.6 Å². The van der Waals surface area contributed by atoms with E-state index in [1.807, 2.05) is 6.08 Å². The fourth-order valence-corrected chi connectivity index (χ4v) is 3.42. The zero-order chi connectivity index (χ0) is 19.2. The molecule has 160 valence electrons. The van der Waals surface area contributed by atoms with Crippen molar-refractivity contribution in [3.8, 4) is 0 Å². The summed E-state index contributed by atoms with van der Waals surface area (Å²) in [4.78, 5) is 12.3. The van der Waals surface area contributed by atoms with Crippen LogP contribution < -0.4 is 5.32 Å². The summed E-state index contributed by atoms with van der Waals surface area (Å²) in [6, 6.07) is 0. The lowest BCUT2D eigenvalue weighted by Crippen LogP contribution is -2.47. The van der Waals surface area contributed by atoms with Crippen LogP contribution in [-0.4, -0.2) is 86.6 Å². The lowest BCUT2D eigenvalue weighted by atomic mass is 10.1. The number of piperazine rings is 1. The Morgan fingerprint density at radius 2 is 1.81 bits per heavy atom. The predicted molar refractivity (Wildman–Crippen MR) is 130 cm³/mol. The predicted octanol–water partition coefficient (Wildman–Crippen LogP) is 3.52. The highest BCUT2D eigenvalue weighted by atomic mass is 127. The van der Waals surface area contributed by atoms with Crippen LogP contribution in [0.5, 0.6) is 0 Å². The molecule has 27 heavy (non-hydrogen) atoms. The van der Waals surface area contributed by atoms with Crippen molar-refractivity contribution in [2.75, 3.05) is 66.0 Å². The molecule has 0 aliphatic carbocycles. The molecule has 6 heteroatoms. The molecule has 0 spiro atoms. The minimum absolute atomic E-state index is 0. The molecule has 0 radical (unpaired) electrons. The monoisotopic (exact) mass is 493 g/mol. The van der Waals surface area contributed by atoms with Gasteiger partial charge < -0.3 is 20.0 Å². The molecule has 0 aromatic heterocycles. The highest BCUT2D eigenvalue weighted by molar-refractivity contribution is 14.0. The summed E-state index contributed by atoms with van der Waals surface area (Å²) in [6.07, 6.45) is 6.86. The molecule has 5 nitrogen and oxygen atoms in total. The Balaban J connectivity index is 0.00000676. The zero-order valence-corrected chi connectivity index (χ0v) is 20.6. The largest absolute Gasteiger partial charge is 0.357 e. The van der Waals surface area contributed by atoms with Crippen molar-refractivity contribution in [2.45, 2.75) is 46.5 Å². The van der Waals surface area contributed by atoms with Gasteiger partial charge in [0.05, 0.1) is 0 Å². The van der Waals surface area contributed by atoms with Crippen molar-refractivity contribution in [2.24, 2.45) is 10.9 Å². The van der Waals surface area contributed by atoms with Gasteiger partial charge in [-0.3, -0.25) is 4.99 Å². The fraction of sp³-hybridized carbons (Fsp3) is 0.857. The maximum atomic E-state index is 4.90. The Labute approximate surface area is 185 Å². The molecule has 0 saturated carbocycles. The molecule has 0 amide bonds. The summed E-state index contributed by atoms with van der Waals surface area (Å²) in [7, 11) is 2.16. The molecule has 1 unspecified atom stereocenters. The van der Waals surface area contributed by atoms with Crippen molar-refractivity contribution in [3.05, 3.63) is 12.7 Å². The van der Waals surface area contributed by atoms with Crippen LogP contribution in [0.1, 0.15) is 46.5 Å². The first-order chi connectivity index (χ1) is 12.6. The molecule has 1 fully saturated rings. The minimum Gasteiger partial charge on any atom is -0.357 e. The topological polar surface area (TPSA) is 34.1 Å². The number of nitrogens with zero attached hydrogens (tertiary/aromatic N) is 4. The number of aliphatic imine (C=N–C) groups is 1. The highest BCUT2D eigenvalue weighted by Crippen LogP contribution is 2.07. The Morgan fingerprint density at radius 1 is 1.15 bits per heavy atom. The zero-order valence-electron chi connectivity index (χ0n) is 18.3. The fourth-order valence-electron chi connectivity index (χ4n) is 3.42. The maximum Gasteiger partial charge on any atom is 0.193 e. The van der Waals surface area contributed by atoms with E-state index in [4.69, 9.17) is 4.99 Å². The first-order valence-corrected chi connectivity index (χ1v) is 10.7. The van der Waals surface area contributed by atoms with Crippen LogP contribution in [0.25, 0.3) is 0 Å². The van der Waals surface area contributed by atoms with Crippen molar-refractivity contribution in [1.82, 2.24) is 20.0 Å². The summed E-state index contributed by atoms with van der Waals surface area (Å²) in [5.41, 5.74) is 0. The normalized spacial score (nSPS) is 17.3. The summed E-state index contributed by atoms with van der Waals surface area (Å²) in [5, 5.41) is 3.45. The Bertz CT molecular complexity index is 394. The molecule has 1 atom stereocenters. The third-order valence-electron chi connectivity index (χ3n) is 5.13. The van der Waals surface area contributed by atoms with Gasteiger partial charge in [0.15, 0.2) is 5.96 Å². The van der Waals surface area contributed by atoms with Crippen LogP contribution in [0, 0.1) is 5.92 Å². The number of halogens is 1. The summed E-state index contributed by atoms with van der Waals surface area (Å²) in [6.45, 7) is 20.6. The quantitative estimate of drug-likeness (QED) is 0.148. The third kappa shape index (κ3) is 12.0. The second-order valence-corrected chi connectivity index (χ2v) is 7.59. The van der Waals surface area contributed by atoms with Crippen molar-refractivity contribution in [1.29, 1.82) is 0 Å². The van der Waals surface area contributed by atoms with E-state index in [1.165, 1.54) is 52.0 Å². The number of nitrogens with one attached hydrogen (secondary N) is 1. The van der Waals surface area contributed by atoms with Gasteiger partial charge in [0.25, 0.3) is 0 Å². The van der Waals surface area contributed by atoms with Crippen LogP contribution in [0.15, 0.2) is 17.6 Å². The Kier molecular flexibility index (Phi) is 16.4. The lowest BCUT2D eigenvalue weighted by Gasteiger charge is -2.35. The first kappa shape index (κ1) is 26.7. The van der Waals surface area contributed by atoms with Gasteiger partial charge in [-0.2, -0.15) is 0 Å². The van der Waals surface area contributed by atoms with E-state index in [9.17, 15) is 0 Å². The number of hydrogen-bond donors (Lipinski definition) is 1. The smallest absolute Gasteiger partial charge is 0.193 e. The van der Waals surface area contributed by atoms with Crippen molar-refractivity contribution < 1.29 is 0 Å². The van der Waals surface area contributed by atoms with Gasteiger partial charge in [-0.15, -0.1) is 30.6 Å². The average molecular weight is 494 g/mol. The third-order valence-corrected chi connectivity index (χ3v) is 5.13. The van der Waals surface area contributed by atoms with E-state index in [0.717, 1.165) is 38.6 Å². The number of unbranched alkanes of at least 4 members (excludes halogenated alkanes) is 3. The highest BCUT2D eigenvalue weighted by Gasteiger charge is 2.17. The van der Waals surface area contributed by atoms with Gasteiger partial charge in [0.1, 0.15) is 0 Å². The standard InChI is InChI=1S/C21H43N5.HI/c1-6-9-10-11-12-13-24(5)21(22-7-2)23-18-20(4)19-26-16-14-25(8-3)15-17-26;/h6,20H,1,7-19H2,2-5H3,(H,22,23);1H. The van der Waals surface area contributed by atoms with E-state index in [1.54, 1.807) is 0 Å². The molecular formula is C21H44IN5. The number of likely N-dealkylation sites (N-methyl/N-ethyl adjacent to an activating group) is 1. The second kappa shape index (κ2) is 16.6. The second-order valence-electron chi connectivity index (χ2n) is 7.59. The van der Waals surface area contributed by atoms with E-state index < -0.39 is 0 Å². The Hall–Kier alpha value is -0.340. The number of hydrogen-bond acceptors (Lipinski definition) is 3. The molecule has 0 aromatic rings. The average Bonchev–Trinajstić information content (AvgIpc) is 2.65. The SMILES string of the molecule is C=CCCCCCN(C)C(=NCC(C)CN1CCN(CC)CC1)NCC.I. The lowest BCUT2D eigenvalue weighted by molar-refractivity contribution is 0.125. The van der Waals surface area contributed by atoms with Gasteiger partial charge in [-0.1, -0.05) is 26.3 Å². The molecule has 1 rings (SSSR count). The summed E-state index contributed by atoms with van der Waals surface area (Å²) >= 11 is 0. The summed E-state index contributed by atoms with van der Waals surface area (Å²) in [5.74, 6) is 1.65. The van der Waals surface area contributed by atoms with Gasteiger partial charge >= 0.3 is 0 Å². The van der Waals surface area contributed by atoms with E-state index in [-0.39, 0.29) is 24.0 Å². The van der Waals surface area contributed by atoms with Crippen LogP contribution in [0.4, 0.5) is 0 Å². The van der Waals surface area contributed by atoms with Gasteiger partial charge in [0, 0.05) is 59.4 Å². The van der Waals surface area contributed by atoms with Crippen molar-refractivity contribution in [3.63, 3.8) is 0 Å². The van der Waals surface area contributed by atoms with Gasteiger partial charge in [0.2, 0.25) is 0 Å². The molecule has 1 aliphatic heterocycles. The minimum atomic E-state index is 0.